The van der Waals surface area contributed by atoms with Crippen molar-refractivity contribution in [3.8, 4) is 0 Å². The highest BCUT2D eigenvalue weighted by Crippen LogP contribution is 2.44. The molecule has 1 heteroatoms. The van der Waals surface area contributed by atoms with Crippen molar-refractivity contribution in [2.24, 2.45) is 11.3 Å². The van der Waals surface area contributed by atoms with Gasteiger partial charge in [0.2, 0.25) is 0 Å². The average Bonchev–Trinajstić information content (AvgIpc) is 2.41. The molecule has 1 unspecified atom stereocenters. The summed E-state index contributed by atoms with van der Waals surface area (Å²) < 4.78 is 0. The van der Waals surface area contributed by atoms with Gasteiger partial charge in [-0.15, -0.1) is 0 Å². The molecule has 14 heavy (non-hydrogen) atoms. The molecule has 0 bridgehead atoms. The minimum absolute atomic E-state index is 0.113. The summed E-state index contributed by atoms with van der Waals surface area (Å²) in [7, 11) is 0. The highest BCUT2D eigenvalue weighted by molar-refractivity contribution is 5.94. The number of rotatable bonds is 3. The lowest BCUT2D eigenvalue weighted by atomic mass is 9.75. The standard InChI is InChI=1S/C13H20O/c1-5-7-11(14)12-10(6-2)8-9-13(12,3)4/h5,7-8,12H,6,9H2,1-4H3/b7-5+. The molecule has 1 aliphatic rings. The Bertz CT molecular complexity index is 282. The molecule has 1 aliphatic carbocycles. The van der Waals surface area contributed by atoms with Gasteiger partial charge in [0.1, 0.15) is 0 Å². The quantitative estimate of drug-likeness (QED) is 0.494. The summed E-state index contributed by atoms with van der Waals surface area (Å²) in [6.07, 6.45) is 7.82. The fourth-order valence-electron chi connectivity index (χ4n) is 2.31. The number of ketones is 1. The molecule has 0 saturated carbocycles. The van der Waals surface area contributed by atoms with Gasteiger partial charge < -0.3 is 0 Å². The Balaban J connectivity index is 2.92. The lowest BCUT2D eigenvalue weighted by Crippen LogP contribution is -2.27. The van der Waals surface area contributed by atoms with Gasteiger partial charge >= 0.3 is 0 Å². The maximum Gasteiger partial charge on any atom is 0.163 e. The Morgan fingerprint density at radius 1 is 1.64 bits per heavy atom. The molecule has 0 aliphatic heterocycles. The van der Waals surface area contributed by atoms with Gasteiger partial charge in [0.15, 0.2) is 5.78 Å². The average molecular weight is 192 g/mol. The molecule has 1 nitrogen and oxygen atoms in total. The third-order valence-electron chi connectivity index (χ3n) is 3.07. The second-order valence-electron chi connectivity index (χ2n) is 4.66. The van der Waals surface area contributed by atoms with Gasteiger partial charge in [0.05, 0.1) is 0 Å². The molecule has 1 rings (SSSR count). The van der Waals surface area contributed by atoms with Gasteiger partial charge in [-0.2, -0.15) is 0 Å². The van der Waals surface area contributed by atoms with Crippen LogP contribution in [0.25, 0.3) is 0 Å². The van der Waals surface area contributed by atoms with Gasteiger partial charge in [0, 0.05) is 5.92 Å². The molecule has 0 amide bonds. The van der Waals surface area contributed by atoms with E-state index in [4.69, 9.17) is 0 Å². The zero-order chi connectivity index (χ0) is 10.8. The lowest BCUT2D eigenvalue weighted by molar-refractivity contribution is -0.119. The molecule has 0 heterocycles. The molecule has 0 radical (unpaired) electrons. The molecule has 0 N–H and O–H groups in total. The number of hydrogen-bond acceptors (Lipinski definition) is 1. The van der Waals surface area contributed by atoms with E-state index >= 15 is 0 Å². The van der Waals surface area contributed by atoms with Crippen LogP contribution in [0.4, 0.5) is 0 Å². The van der Waals surface area contributed by atoms with Crippen molar-refractivity contribution in [3.63, 3.8) is 0 Å². The zero-order valence-electron chi connectivity index (χ0n) is 9.63. The van der Waals surface area contributed by atoms with Crippen LogP contribution in [0.5, 0.6) is 0 Å². The van der Waals surface area contributed by atoms with E-state index in [1.54, 1.807) is 6.08 Å². The SMILES string of the molecule is C/C=C/C(=O)C1C(CC)=CCC1(C)C. The predicted octanol–water partition coefficient (Wildman–Crippen LogP) is 3.51. The van der Waals surface area contributed by atoms with Crippen molar-refractivity contribution in [2.45, 2.75) is 40.5 Å². The first-order chi connectivity index (χ1) is 6.53. The van der Waals surface area contributed by atoms with E-state index in [1.807, 2.05) is 13.0 Å². The van der Waals surface area contributed by atoms with Gasteiger partial charge in [-0.25, -0.2) is 0 Å². The Hall–Kier alpha value is -0.850. The van der Waals surface area contributed by atoms with Crippen LogP contribution in [0, 0.1) is 11.3 Å². The Morgan fingerprint density at radius 2 is 2.29 bits per heavy atom. The van der Waals surface area contributed by atoms with Crippen LogP contribution in [0.15, 0.2) is 23.8 Å². The molecule has 0 saturated heterocycles. The second-order valence-corrected chi connectivity index (χ2v) is 4.66. The van der Waals surface area contributed by atoms with Crippen LogP contribution < -0.4 is 0 Å². The highest BCUT2D eigenvalue weighted by atomic mass is 16.1. The molecule has 0 aromatic rings. The third kappa shape index (κ3) is 1.97. The summed E-state index contributed by atoms with van der Waals surface area (Å²) in [5.74, 6) is 0.381. The summed E-state index contributed by atoms with van der Waals surface area (Å²) in [5.41, 5.74) is 1.43. The Kier molecular flexibility index (Phi) is 3.30. The van der Waals surface area contributed by atoms with Gasteiger partial charge in [0.25, 0.3) is 0 Å². The number of hydrogen-bond donors (Lipinski definition) is 0. The largest absolute Gasteiger partial charge is 0.294 e. The summed E-state index contributed by atoms with van der Waals surface area (Å²) >= 11 is 0. The minimum atomic E-state index is 0.113. The maximum atomic E-state index is 11.9. The zero-order valence-corrected chi connectivity index (χ0v) is 9.63. The fourth-order valence-corrected chi connectivity index (χ4v) is 2.31. The molecule has 0 aromatic carbocycles. The van der Waals surface area contributed by atoms with E-state index in [0.717, 1.165) is 12.8 Å². The van der Waals surface area contributed by atoms with Crippen LogP contribution in [0.3, 0.4) is 0 Å². The van der Waals surface area contributed by atoms with Crippen molar-refractivity contribution in [1.29, 1.82) is 0 Å². The first kappa shape index (κ1) is 11.2. The molecular formula is C13H20O. The summed E-state index contributed by atoms with van der Waals surface area (Å²) in [4.78, 5) is 11.9. The summed E-state index contributed by atoms with van der Waals surface area (Å²) in [5, 5.41) is 0. The summed E-state index contributed by atoms with van der Waals surface area (Å²) in [6.45, 7) is 8.38. The van der Waals surface area contributed by atoms with E-state index in [1.165, 1.54) is 5.57 Å². The first-order valence-corrected chi connectivity index (χ1v) is 5.38. The fraction of sp³-hybridized carbons (Fsp3) is 0.615. The number of allylic oxidation sites excluding steroid dienone is 4. The normalized spacial score (nSPS) is 25.4. The predicted molar refractivity (Wildman–Crippen MR) is 60.1 cm³/mol. The van der Waals surface area contributed by atoms with E-state index in [-0.39, 0.29) is 17.1 Å². The number of carbonyl (C=O) groups excluding carboxylic acids is 1. The molecule has 78 valence electrons. The van der Waals surface area contributed by atoms with Crippen molar-refractivity contribution in [3.05, 3.63) is 23.8 Å². The first-order valence-electron chi connectivity index (χ1n) is 5.38. The molecule has 0 aromatic heterocycles. The summed E-state index contributed by atoms with van der Waals surface area (Å²) in [6, 6.07) is 0. The lowest BCUT2D eigenvalue weighted by Gasteiger charge is -2.27. The van der Waals surface area contributed by atoms with Crippen LogP contribution in [0.2, 0.25) is 0 Å². The van der Waals surface area contributed by atoms with Crippen LogP contribution >= 0.6 is 0 Å². The molecule has 0 spiro atoms. The van der Waals surface area contributed by atoms with E-state index < -0.39 is 0 Å². The monoisotopic (exact) mass is 192 g/mol. The second kappa shape index (κ2) is 4.12. The van der Waals surface area contributed by atoms with Crippen LogP contribution in [0.1, 0.15) is 40.5 Å². The molecular weight excluding hydrogens is 172 g/mol. The minimum Gasteiger partial charge on any atom is -0.294 e. The highest BCUT2D eigenvalue weighted by Gasteiger charge is 2.39. The van der Waals surface area contributed by atoms with E-state index in [0.29, 0.717) is 0 Å². The Morgan fingerprint density at radius 3 is 2.79 bits per heavy atom. The smallest absolute Gasteiger partial charge is 0.163 e. The van der Waals surface area contributed by atoms with Crippen molar-refractivity contribution in [1.82, 2.24) is 0 Å². The van der Waals surface area contributed by atoms with Gasteiger partial charge in [-0.05, 0) is 31.3 Å². The molecule has 1 atom stereocenters. The van der Waals surface area contributed by atoms with Crippen LogP contribution in [-0.2, 0) is 4.79 Å². The Labute approximate surface area is 86.9 Å². The van der Waals surface area contributed by atoms with Crippen LogP contribution in [-0.4, -0.2) is 5.78 Å². The third-order valence-corrected chi connectivity index (χ3v) is 3.07. The maximum absolute atomic E-state index is 11.9. The van der Waals surface area contributed by atoms with Gasteiger partial charge in [-0.3, -0.25) is 4.79 Å². The van der Waals surface area contributed by atoms with E-state index in [2.05, 4.69) is 26.8 Å². The number of carbonyl (C=O) groups is 1. The van der Waals surface area contributed by atoms with E-state index in [9.17, 15) is 4.79 Å². The van der Waals surface area contributed by atoms with Crippen molar-refractivity contribution >= 4 is 5.78 Å². The van der Waals surface area contributed by atoms with Crippen molar-refractivity contribution < 1.29 is 4.79 Å². The molecule has 0 fully saturated rings. The topological polar surface area (TPSA) is 17.1 Å². The van der Waals surface area contributed by atoms with Gasteiger partial charge in [-0.1, -0.05) is 38.5 Å². The van der Waals surface area contributed by atoms with Crippen molar-refractivity contribution in [2.75, 3.05) is 0 Å².